The minimum absolute atomic E-state index is 0.0329. The highest BCUT2D eigenvalue weighted by Crippen LogP contribution is 2.15. The van der Waals surface area contributed by atoms with E-state index in [1.54, 1.807) is 24.3 Å². The summed E-state index contributed by atoms with van der Waals surface area (Å²) in [6, 6.07) is 6.94. The Morgan fingerprint density at radius 1 is 1.16 bits per heavy atom. The first kappa shape index (κ1) is 16.1. The molecule has 0 aliphatic carbocycles. The lowest BCUT2D eigenvalue weighted by atomic mass is 10.0. The number of rotatable bonds is 7. The van der Waals surface area contributed by atoms with Gasteiger partial charge in [-0.05, 0) is 31.4 Å². The number of nitrogens with one attached hydrogen (secondary N) is 1. The van der Waals surface area contributed by atoms with Crippen LogP contribution in [-0.4, -0.2) is 19.1 Å². The lowest BCUT2D eigenvalue weighted by Gasteiger charge is -2.25. The molecule has 0 unspecified atom stereocenters. The Hall–Kier alpha value is -0.910. The van der Waals surface area contributed by atoms with Gasteiger partial charge in [0.25, 0.3) is 0 Å². The third-order valence-corrected chi connectivity index (χ3v) is 4.45. The molecule has 0 aliphatic rings. The van der Waals surface area contributed by atoms with Crippen molar-refractivity contribution in [3.8, 4) is 0 Å². The normalized spacial score (nSPS) is 12.6. The van der Waals surface area contributed by atoms with Crippen molar-refractivity contribution in [2.45, 2.75) is 51.5 Å². The van der Waals surface area contributed by atoms with Gasteiger partial charge in [0.2, 0.25) is 10.0 Å². The molecule has 0 aromatic heterocycles. The first-order chi connectivity index (χ1) is 8.78. The van der Waals surface area contributed by atoms with Crippen LogP contribution in [0.2, 0.25) is 0 Å². The Bertz CT molecular complexity index is 492. The fourth-order valence-electron chi connectivity index (χ4n) is 2.09. The number of sulfonamides is 1. The third-order valence-electron chi connectivity index (χ3n) is 2.87. The number of aliphatic hydroxyl groups excluding tert-OH is 1. The van der Waals surface area contributed by atoms with E-state index in [1.165, 1.54) is 0 Å². The van der Waals surface area contributed by atoms with Crippen LogP contribution in [0.15, 0.2) is 24.3 Å². The molecule has 0 saturated heterocycles. The number of hydrogen-bond donors (Lipinski definition) is 2. The molecule has 1 aromatic carbocycles. The van der Waals surface area contributed by atoms with E-state index in [0.29, 0.717) is 0 Å². The van der Waals surface area contributed by atoms with E-state index in [-0.39, 0.29) is 12.4 Å². The van der Waals surface area contributed by atoms with E-state index in [1.807, 2.05) is 20.8 Å². The van der Waals surface area contributed by atoms with Crippen LogP contribution in [0.4, 0.5) is 0 Å². The molecule has 0 spiro atoms. The number of hydrogen-bond acceptors (Lipinski definition) is 3. The molecule has 2 N–H and O–H groups in total. The summed E-state index contributed by atoms with van der Waals surface area (Å²) in [5.74, 6) is -0.0359. The van der Waals surface area contributed by atoms with E-state index >= 15 is 0 Å². The van der Waals surface area contributed by atoms with Crippen LogP contribution < -0.4 is 4.72 Å². The van der Waals surface area contributed by atoms with Gasteiger partial charge in [-0.3, -0.25) is 0 Å². The van der Waals surface area contributed by atoms with Gasteiger partial charge in [0.15, 0.2) is 0 Å². The monoisotopic (exact) mass is 285 g/mol. The van der Waals surface area contributed by atoms with Gasteiger partial charge in [-0.15, -0.1) is 0 Å². The van der Waals surface area contributed by atoms with Crippen LogP contribution in [0.3, 0.4) is 0 Å². The first-order valence-corrected chi connectivity index (χ1v) is 8.13. The van der Waals surface area contributed by atoms with Gasteiger partial charge in [-0.2, -0.15) is 0 Å². The highest BCUT2D eigenvalue weighted by Gasteiger charge is 2.23. The Balaban J connectivity index is 2.73. The molecule has 0 bridgehead atoms. The molecule has 108 valence electrons. The smallest absolute Gasteiger partial charge is 0.216 e. The van der Waals surface area contributed by atoms with E-state index in [9.17, 15) is 8.42 Å². The third kappa shape index (κ3) is 5.72. The predicted octanol–water partition coefficient (Wildman–Crippen LogP) is 2.18. The first-order valence-electron chi connectivity index (χ1n) is 6.48. The fourth-order valence-corrected chi connectivity index (χ4v) is 3.74. The zero-order valence-corrected chi connectivity index (χ0v) is 12.6. The van der Waals surface area contributed by atoms with Crippen molar-refractivity contribution in [2.75, 3.05) is 0 Å². The summed E-state index contributed by atoms with van der Waals surface area (Å²) in [5, 5.41) is 8.94. The molecule has 4 nitrogen and oxygen atoms in total. The van der Waals surface area contributed by atoms with Gasteiger partial charge in [-0.25, -0.2) is 13.1 Å². The number of aliphatic hydroxyl groups is 1. The molecule has 5 heteroatoms. The second-order valence-corrected chi connectivity index (χ2v) is 7.19. The van der Waals surface area contributed by atoms with Gasteiger partial charge in [-0.1, -0.05) is 37.6 Å². The average Bonchev–Trinajstić information content (AvgIpc) is 2.27. The van der Waals surface area contributed by atoms with Crippen LogP contribution in [-0.2, 0) is 22.4 Å². The summed E-state index contributed by atoms with van der Waals surface area (Å²) in [5.41, 5.74) is 1.08. The van der Waals surface area contributed by atoms with Crippen molar-refractivity contribution >= 4 is 10.0 Å². The minimum Gasteiger partial charge on any atom is -0.392 e. The molecular formula is C14H23NO3S. The van der Waals surface area contributed by atoms with Crippen molar-refractivity contribution in [1.29, 1.82) is 0 Å². The molecule has 0 aliphatic heterocycles. The Kier molecular flexibility index (Phi) is 5.52. The Morgan fingerprint density at radius 3 is 2.16 bits per heavy atom. The van der Waals surface area contributed by atoms with Crippen molar-refractivity contribution in [2.24, 2.45) is 0 Å². The highest BCUT2D eigenvalue weighted by atomic mass is 32.2. The van der Waals surface area contributed by atoms with Crippen molar-refractivity contribution in [3.05, 3.63) is 35.4 Å². The summed E-state index contributed by atoms with van der Waals surface area (Å²) in [4.78, 5) is 0. The van der Waals surface area contributed by atoms with Crippen LogP contribution in [0.5, 0.6) is 0 Å². The summed E-state index contributed by atoms with van der Waals surface area (Å²) < 4.78 is 26.9. The molecule has 1 aromatic rings. The maximum absolute atomic E-state index is 12.1. The van der Waals surface area contributed by atoms with E-state index in [0.717, 1.165) is 24.0 Å². The topological polar surface area (TPSA) is 66.4 Å². The second kappa shape index (κ2) is 6.50. The van der Waals surface area contributed by atoms with Gasteiger partial charge in [0.05, 0.1) is 12.4 Å². The van der Waals surface area contributed by atoms with Crippen molar-refractivity contribution < 1.29 is 13.5 Å². The number of benzene rings is 1. The standard InChI is InChI=1S/C14H23NO3S/c1-4-9-14(2,3)15-19(17,18)11-13-7-5-12(10-16)6-8-13/h5-8,15-16H,4,9-11H2,1-3H3. The summed E-state index contributed by atoms with van der Waals surface area (Å²) in [6.45, 7) is 5.78. The molecule has 0 saturated carbocycles. The maximum Gasteiger partial charge on any atom is 0.216 e. The molecule has 0 heterocycles. The fraction of sp³-hybridized carbons (Fsp3) is 0.571. The van der Waals surface area contributed by atoms with Crippen LogP contribution in [0, 0.1) is 0 Å². The van der Waals surface area contributed by atoms with Gasteiger partial charge in [0.1, 0.15) is 0 Å². The lowest BCUT2D eigenvalue weighted by molar-refractivity contribution is 0.282. The van der Waals surface area contributed by atoms with E-state index < -0.39 is 15.6 Å². The predicted molar refractivity (Wildman–Crippen MR) is 77.1 cm³/mol. The Labute approximate surface area is 115 Å². The van der Waals surface area contributed by atoms with Gasteiger partial charge < -0.3 is 5.11 Å². The molecule has 0 radical (unpaired) electrons. The zero-order valence-electron chi connectivity index (χ0n) is 11.8. The van der Waals surface area contributed by atoms with Gasteiger partial charge in [0, 0.05) is 5.54 Å². The van der Waals surface area contributed by atoms with Crippen LogP contribution in [0.1, 0.15) is 44.7 Å². The molecular weight excluding hydrogens is 262 g/mol. The van der Waals surface area contributed by atoms with Crippen molar-refractivity contribution in [3.63, 3.8) is 0 Å². The zero-order chi connectivity index (χ0) is 14.5. The Morgan fingerprint density at radius 2 is 1.68 bits per heavy atom. The highest BCUT2D eigenvalue weighted by molar-refractivity contribution is 7.88. The molecule has 0 fully saturated rings. The average molecular weight is 285 g/mol. The summed E-state index contributed by atoms with van der Waals surface area (Å²) >= 11 is 0. The largest absolute Gasteiger partial charge is 0.392 e. The summed E-state index contributed by atoms with van der Waals surface area (Å²) in [7, 11) is -3.35. The SMILES string of the molecule is CCCC(C)(C)NS(=O)(=O)Cc1ccc(CO)cc1. The van der Waals surface area contributed by atoms with Crippen LogP contribution in [0.25, 0.3) is 0 Å². The molecule has 0 amide bonds. The second-order valence-electron chi connectivity index (χ2n) is 5.47. The van der Waals surface area contributed by atoms with Crippen LogP contribution >= 0.6 is 0 Å². The quantitative estimate of drug-likeness (QED) is 0.807. The molecule has 19 heavy (non-hydrogen) atoms. The molecule has 0 atom stereocenters. The minimum atomic E-state index is -3.35. The maximum atomic E-state index is 12.1. The van der Waals surface area contributed by atoms with Crippen molar-refractivity contribution in [1.82, 2.24) is 4.72 Å². The summed E-state index contributed by atoms with van der Waals surface area (Å²) in [6.07, 6.45) is 1.73. The van der Waals surface area contributed by atoms with E-state index in [2.05, 4.69) is 4.72 Å². The van der Waals surface area contributed by atoms with E-state index in [4.69, 9.17) is 5.11 Å². The van der Waals surface area contributed by atoms with Gasteiger partial charge >= 0.3 is 0 Å². The lowest BCUT2D eigenvalue weighted by Crippen LogP contribution is -2.43. The molecule has 1 rings (SSSR count).